The number of piperazine rings is 1. The maximum absolute atomic E-state index is 13.5. The highest BCUT2D eigenvalue weighted by Crippen LogP contribution is 2.26. The van der Waals surface area contributed by atoms with Crippen molar-refractivity contribution in [2.75, 3.05) is 31.1 Å². The molecule has 1 fully saturated rings. The molecule has 0 spiro atoms. The van der Waals surface area contributed by atoms with Crippen LogP contribution in [-0.4, -0.2) is 58.8 Å². The van der Waals surface area contributed by atoms with Gasteiger partial charge in [-0.3, -0.25) is 9.59 Å². The second kappa shape index (κ2) is 8.86. The Bertz CT molecular complexity index is 891. The molecule has 2 aliphatic heterocycles. The van der Waals surface area contributed by atoms with Crippen LogP contribution in [0.5, 0.6) is 0 Å². The summed E-state index contributed by atoms with van der Waals surface area (Å²) in [5, 5.41) is 0. The molecular formula is C24H30N4O2. The van der Waals surface area contributed by atoms with Gasteiger partial charge in [-0.15, -0.1) is 0 Å². The molecule has 1 saturated heterocycles. The fourth-order valence-electron chi connectivity index (χ4n) is 4.38. The Balaban J connectivity index is 1.49. The van der Waals surface area contributed by atoms with Crippen molar-refractivity contribution < 1.29 is 9.59 Å². The Labute approximate surface area is 178 Å². The van der Waals surface area contributed by atoms with Crippen LogP contribution in [0.1, 0.15) is 31.4 Å². The molecule has 1 aromatic carbocycles. The van der Waals surface area contributed by atoms with Crippen molar-refractivity contribution >= 4 is 17.6 Å². The lowest BCUT2D eigenvalue weighted by Crippen LogP contribution is -2.57. The van der Waals surface area contributed by atoms with Crippen molar-refractivity contribution in [3.8, 4) is 0 Å². The molecule has 0 radical (unpaired) electrons. The molecule has 6 nitrogen and oxygen atoms in total. The summed E-state index contributed by atoms with van der Waals surface area (Å²) < 4.78 is 0. The van der Waals surface area contributed by atoms with Gasteiger partial charge in [-0.05, 0) is 29.2 Å². The van der Waals surface area contributed by atoms with Gasteiger partial charge in [0.25, 0.3) is 0 Å². The van der Waals surface area contributed by atoms with E-state index in [9.17, 15) is 9.59 Å². The molecule has 0 N–H and O–H groups in total. The maximum atomic E-state index is 13.5. The summed E-state index contributed by atoms with van der Waals surface area (Å²) >= 11 is 0. The van der Waals surface area contributed by atoms with Crippen LogP contribution in [0, 0.1) is 5.92 Å². The number of hydrogen-bond donors (Lipinski definition) is 0. The first-order valence-corrected chi connectivity index (χ1v) is 10.8. The Morgan fingerprint density at radius 2 is 1.70 bits per heavy atom. The summed E-state index contributed by atoms with van der Waals surface area (Å²) in [6, 6.07) is 13.6. The smallest absolute Gasteiger partial charge is 0.245 e. The number of benzene rings is 1. The molecule has 1 unspecified atom stereocenters. The first-order valence-electron chi connectivity index (χ1n) is 10.8. The van der Waals surface area contributed by atoms with E-state index < -0.39 is 6.04 Å². The zero-order chi connectivity index (χ0) is 21.1. The van der Waals surface area contributed by atoms with Gasteiger partial charge in [0.1, 0.15) is 11.9 Å². The van der Waals surface area contributed by atoms with E-state index in [4.69, 9.17) is 0 Å². The Kier molecular flexibility index (Phi) is 6.02. The van der Waals surface area contributed by atoms with E-state index in [2.05, 4.69) is 22.0 Å². The minimum atomic E-state index is -0.410. The van der Waals surface area contributed by atoms with Crippen LogP contribution in [0.4, 0.5) is 5.82 Å². The third-order valence-corrected chi connectivity index (χ3v) is 6.00. The van der Waals surface area contributed by atoms with E-state index >= 15 is 0 Å². The van der Waals surface area contributed by atoms with Gasteiger partial charge in [0.2, 0.25) is 11.8 Å². The highest BCUT2D eigenvalue weighted by molar-refractivity contribution is 5.88. The van der Waals surface area contributed by atoms with Crippen molar-refractivity contribution in [2.45, 2.75) is 39.3 Å². The number of carbonyl (C=O) groups is 2. The number of anilines is 1. The van der Waals surface area contributed by atoms with Crippen molar-refractivity contribution in [3.05, 3.63) is 59.8 Å². The summed E-state index contributed by atoms with van der Waals surface area (Å²) in [4.78, 5) is 36.9. The van der Waals surface area contributed by atoms with E-state index in [-0.39, 0.29) is 17.7 Å². The van der Waals surface area contributed by atoms with E-state index in [1.54, 1.807) is 6.20 Å². The summed E-state index contributed by atoms with van der Waals surface area (Å²) in [5.41, 5.74) is 2.33. The normalized spacial score (nSPS) is 19.0. The average Bonchev–Trinajstić information content (AvgIpc) is 2.78. The number of carbonyl (C=O) groups excluding carboxylic acids is 2. The number of aromatic nitrogens is 1. The SMILES string of the molecule is CC(C)CC(=O)N1Cc2ccccc2CC1C(=O)N1CCN(c2ccccn2)CC1. The largest absolute Gasteiger partial charge is 0.353 e. The fourth-order valence-corrected chi connectivity index (χ4v) is 4.38. The van der Waals surface area contributed by atoms with E-state index in [0.29, 0.717) is 32.5 Å². The van der Waals surface area contributed by atoms with E-state index in [1.807, 2.05) is 54.0 Å². The highest BCUT2D eigenvalue weighted by Gasteiger charge is 2.37. The molecule has 158 valence electrons. The number of pyridine rings is 1. The Hall–Kier alpha value is -2.89. The lowest BCUT2D eigenvalue weighted by Gasteiger charge is -2.41. The van der Waals surface area contributed by atoms with Crippen molar-refractivity contribution in [2.24, 2.45) is 5.92 Å². The zero-order valence-electron chi connectivity index (χ0n) is 17.8. The van der Waals surface area contributed by atoms with Gasteiger partial charge >= 0.3 is 0 Å². The summed E-state index contributed by atoms with van der Waals surface area (Å²) in [6.07, 6.45) is 2.86. The van der Waals surface area contributed by atoms with Crippen molar-refractivity contribution in [3.63, 3.8) is 0 Å². The minimum Gasteiger partial charge on any atom is -0.353 e. The van der Waals surface area contributed by atoms with Crippen molar-refractivity contribution in [1.29, 1.82) is 0 Å². The third-order valence-electron chi connectivity index (χ3n) is 6.00. The summed E-state index contributed by atoms with van der Waals surface area (Å²) in [6.45, 7) is 7.43. The fraction of sp³-hybridized carbons (Fsp3) is 0.458. The predicted molar refractivity (Wildman–Crippen MR) is 117 cm³/mol. The lowest BCUT2D eigenvalue weighted by atomic mass is 9.92. The van der Waals surface area contributed by atoms with Crippen LogP contribution < -0.4 is 4.90 Å². The average molecular weight is 407 g/mol. The molecule has 1 atom stereocenters. The third kappa shape index (κ3) is 4.32. The van der Waals surface area contributed by atoms with Crippen LogP contribution in [0.2, 0.25) is 0 Å². The van der Waals surface area contributed by atoms with E-state index in [0.717, 1.165) is 24.5 Å². The number of rotatable bonds is 4. The number of nitrogens with zero attached hydrogens (tertiary/aromatic N) is 4. The Morgan fingerprint density at radius 1 is 1.00 bits per heavy atom. The number of amides is 2. The van der Waals surface area contributed by atoms with Crippen LogP contribution in [0.25, 0.3) is 0 Å². The molecule has 30 heavy (non-hydrogen) atoms. The first-order chi connectivity index (χ1) is 14.5. The van der Waals surface area contributed by atoms with Gasteiger partial charge in [-0.25, -0.2) is 4.98 Å². The highest BCUT2D eigenvalue weighted by atomic mass is 16.2. The van der Waals surface area contributed by atoms with Crippen molar-refractivity contribution in [1.82, 2.24) is 14.8 Å². The summed E-state index contributed by atoms with van der Waals surface area (Å²) in [5.74, 6) is 1.37. The molecule has 0 saturated carbocycles. The second-order valence-corrected chi connectivity index (χ2v) is 8.61. The molecule has 0 aliphatic carbocycles. The molecular weight excluding hydrogens is 376 g/mol. The second-order valence-electron chi connectivity index (χ2n) is 8.61. The monoisotopic (exact) mass is 406 g/mol. The molecule has 0 bridgehead atoms. The predicted octanol–water partition coefficient (Wildman–Crippen LogP) is 2.73. The minimum absolute atomic E-state index is 0.0716. The maximum Gasteiger partial charge on any atom is 0.245 e. The molecule has 3 heterocycles. The molecule has 4 rings (SSSR count). The first kappa shape index (κ1) is 20.4. The molecule has 2 amide bonds. The molecule has 1 aromatic heterocycles. The van der Waals surface area contributed by atoms with Gasteiger partial charge < -0.3 is 14.7 Å². The lowest BCUT2D eigenvalue weighted by molar-refractivity contribution is -0.147. The topological polar surface area (TPSA) is 56.8 Å². The van der Waals surface area contributed by atoms with Gasteiger partial charge in [0, 0.05) is 51.8 Å². The van der Waals surface area contributed by atoms with E-state index in [1.165, 1.54) is 5.56 Å². The van der Waals surface area contributed by atoms with Gasteiger partial charge in [0.05, 0.1) is 0 Å². The molecule has 2 aromatic rings. The number of hydrogen-bond acceptors (Lipinski definition) is 4. The number of fused-ring (bicyclic) bond motifs is 1. The molecule has 2 aliphatic rings. The van der Waals surface area contributed by atoms with Crippen LogP contribution >= 0.6 is 0 Å². The Morgan fingerprint density at radius 3 is 2.37 bits per heavy atom. The summed E-state index contributed by atoms with van der Waals surface area (Å²) in [7, 11) is 0. The van der Waals surface area contributed by atoms with Gasteiger partial charge in [0.15, 0.2) is 0 Å². The molecule has 6 heteroatoms. The van der Waals surface area contributed by atoms with Gasteiger partial charge in [-0.2, -0.15) is 0 Å². The standard InChI is InChI=1S/C24H30N4O2/c1-18(2)15-23(29)28-17-20-8-4-3-7-19(20)16-21(28)24(30)27-13-11-26(12-14-27)22-9-5-6-10-25-22/h3-10,18,21H,11-17H2,1-2H3. The van der Waals surface area contributed by atoms with Crippen LogP contribution in [0.15, 0.2) is 48.7 Å². The zero-order valence-corrected chi connectivity index (χ0v) is 17.8. The quantitative estimate of drug-likeness (QED) is 0.784. The van der Waals surface area contributed by atoms with Gasteiger partial charge in [-0.1, -0.05) is 44.2 Å². The van der Waals surface area contributed by atoms with Crippen LogP contribution in [0.3, 0.4) is 0 Å². The van der Waals surface area contributed by atoms with Crippen LogP contribution in [-0.2, 0) is 22.6 Å².